The second kappa shape index (κ2) is 7.57. The molecule has 1 aromatic heterocycles. The molecule has 1 saturated heterocycles. The van der Waals surface area contributed by atoms with Crippen molar-refractivity contribution in [3.63, 3.8) is 0 Å². The van der Waals surface area contributed by atoms with Crippen LogP contribution in [0.3, 0.4) is 0 Å². The van der Waals surface area contributed by atoms with Gasteiger partial charge >= 0.3 is 0 Å². The third-order valence-corrected chi connectivity index (χ3v) is 6.53. The first-order valence-electron chi connectivity index (χ1n) is 7.88. The second-order valence-corrected chi connectivity index (χ2v) is 9.27. The van der Waals surface area contributed by atoms with E-state index in [2.05, 4.69) is 15.0 Å². The van der Waals surface area contributed by atoms with Crippen LogP contribution in [0.25, 0.3) is 0 Å². The Morgan fingerprint density at radius 3 is 2.41 bits per heavy atom. The minimum absolute atomic E-state index is 0.0305. The third-order valence-electron chi connectivity index (χ3n) is 4.04. The number of nitrogens with zero attached hydrogens (tertiary/aromatic N) is 2. The van der Waals surface area contributed by atoms with E-state index in [0.29, 0.717) is 0 Å². The molecule has 7 N–H and O–H groups in total. The molecule has 15 heteroatoms. The molecule has 0 unspecified atom stereocenters. The largest absolute Gasteiger partial charge is 0.380 e. The fraction of sp³-hybridized carbons (Fsp3) is 0.357. The molecule has 1 aliphatic heterocycles. The van der Waals surface area contributed by atoms with Crippen LogP contribution in [0.4, 0.5) is 15.2 Å². The van der Waals surface area contributed by atoms with Crippen molar-refractivity contribution >= 4 is 43.8 Å². The number of hydrogen-bond acceptors (Lipinski definition) is 11. The molecule has 160 valence electrons. The average molecular weight is 471 g/mol. The molecule has 0 bridgehead atoms. The maximum Gasteiger partial charge on any atom is 0.266 e. The van der Waals surface area contributed by atoms with Crippen LogP contribution in [0.1, 0.15) is 12.8 Å². The van der Waals surface area contributed by atoms with Crippen molar-refractivity contribution in [3.05, 3.63) is 34.5 Å². The number of aliphatic hydroxyl groups is 4. The number of hydrogen-bond donors (Lipinski definition) is 7. The maximum atomic E-state index is 14.5. The van der Waals surface area contributed by atoms with Crippen molar-refractivity contribution in [1.29, 1.82) is 0 Å². The van der Waals surface area contributed by atoms with Gasteiger partial charge in [0, 0.05) is 30.5 Å². The molecule has 1 aliphatic rings. The molecular weight excluding hydrogens is 455 g/mol. The van der Waals surface area contributed by atoms with Crippen molar-refractivity contribution in [2.45, 2.75) is 35.6 Å². The zero-order chi connectivity index (χ0) is 21.6. The Morgan fingerprint density at radius 2 is 1.86 bits per heavy atom. The van der Waals surface area contributed by atoms with E-state index in [0.717, 1.165) is 23.5 Å². The summed E-state index contributed by atoms with van der Waals surface area (Å²) in [5, 5.41) is 51.7. The summed E-state index contributed by atoms with van der Waals surface area (Å²) in [4.78, 5) is 3.00. The molecule has 0 saturated carbocycles. The number of halogens is 2. The maximum absolute atomic E-state index is 14.5. The van der Waals surface area contributed by atoms with Gasteiger partial charge in [-0.1, -0.05) is 16.7 Å². The summed E-state index contributed by atoms with van der Waals surface area (Å²) in [7, 11) is -4.32. The summed E-state index contributed by atoms with van der Waals surface area (Å²) >= 11 is 7.03. The number of sulfonamides is 1. The van der Waals surface area contributed by atoms with E-state index in [1.54, 1.807) is 0 Å². The number of benzene rings is 1. The number of piperidine rings is 1. The molecular formula is C14H16ClFN4O7S2. The van der Waals surface area contributed by atoms with Gasteiger partial charge in [-0.2, -0.15) is 0 Å². The number of aromatic nitrogens is 1. The molecule has 3 rings (SSSR count). The van der Waals surface area contributed by atoms with Crippen molar-refractivity contribution in [3.8, 4) is 0 Å². The van der Waals surface area contributed by atoms with E-state index in [-0.39, 0.29) is 15.8 Å². The first-order valence-corrected chi connectivity index (χ1v) is 10.6. The Morgan fingerprint density at radius 1 is 1.24 bits per heavy atom. The monoisotopic (exact) mass is 470 g/mol. The second-order valence-electron chi connectivity index (χ2n) is 6.32. The highest BCUT2D eigenvalue weighted by atomic mass is 35.5. The molecule has 11 nitrogen and oxygen atoms in total. The Bertz CT molecular complexity index is 986. The van der Waals surface area contributed by atoms with E-state index in [9.17, 15) is 38.4 Å². The van der Waals surface area contributed by atoms with Crippen molar-refractivity contribution in [2.24, 2.45) is 0 Å². The quantitative estimate of drug-likeness (QED) is 0.300. The first kappa shape index (κ1) is 22.1. The van der Waals surface area contributed by atoms with Crippen molar-refractivity contribution in [2.75, 3.05) is 10.0 Å². The van der Waals surface area contributed by atoms with Gasteiger partial charge in [0.15, 0.2) is 5.13 Å². The van der Waals surface area contributed by atoms with Gasteiger partial charge in [0.05, 0.1) is 10.7 Å². The lowest BCUT2D eigenvalue weighted by Gasteiger charge is -2.45. The minimum Gasteiger partial charge on any atom is -0.380 e. The Kier molecular flexibility index (Phi) is 5.76. The molecule has 0 spiro atoms. The van der Waals surface area contributed by atoms with Crippen LogP contribution < -0.4 is 10.0 Å². The number of nitrogens with one attached hydrogen (secondary N) is 2. The van der Waals surface area contributed by atoms with Gasteiger partial charge in [-0.25, -0.2) is 17.8 Å². The number of anilines is 2. The van der Waals surface area contributed by atoms with Crippen LogP contribution in [-0.4, -0.2) is 62.0 Å². The molecule has 1 aromatic carbocycles. The number of hydroxylamine groups is 2. The van der Waals surface area contributed by atoms with Gasteiger partial charge in [-0.3, -0.25) is 4.72 Å². The Labute approximate surface area is 172 Å². The minimum atomic E-state index is -4.32. The number of rotatable bonds is 5. The summed E-state index contributed by atoms with van der Waals surface area (Å²) in [6, 6.07) is 0.514. The normalized spacial score (nSPS) is 19.8. The van der Waals surface area contributed by atoms with E-state index in [1.807, 2.05) is 0 Å². The lowest BCUT2D eigenvalue weighted by Crippen LogP contribution is -2.66. The van der Waals surface area contributed by atoms with Crippen LogP contribution in [-0.2, 0) is 10.0 Å². The SMILES string of the molecule is O=S(=O)(Nc1nccs1)c1cc(Cl)c(NC2CC(O)(O)N(O)C(O)(O)C2)cc1F. The highest BCUT2D eigenvalue weighted by Crippen LogP contribution is 2.35. The number of thiazole rings is 1. The molecule has 0 amide bonds. The fourth-order valence-electron chi connectivity index (χ4n) is 2.80. The molecule has 0 aliphatic carbocycles. The van der Waals surface area contributed by atoms with Crippen molar-refractivity contribution in [1.82, 2.24) is 10.0 Å². The summed E-state index contributed by atoms with van der Waals surface area (Å²) in [6.07, 6.45) is 0.132. The zero-order valence-corrected chi connectivity index (χ0v) is 16.7. The highest BCUT2D eigenvalue weighted by Gasteiger charge is 2.52. The molecule has 0 radical (unpaired) electrons. The molecule has 0 atom stereocenters. The highest BCUT2D eigenvalue weighted by molar-refractivity contribution is 7.93. The van der Waals surface area contributed by atoms with Gasteiger partial charge in [0.25, 0.3) is 21.8 Å². The lowest BCUT2D eigenvalue weighted by atomic mass is 9.99. The van der Waals surface area contributed by atoms with Crippen LogP contribution >= 0.6 is 22.9 Å². The molecule has 1 fully saturated rings. The van der Waals surface area contributed by atoms with E-state index < -0.39 is 56.5 Å². The molecule has 29 heavy (non-hydrogen) atoms. The van der Waals surface area contributed by atoms with Crippen LogP contribution in [0.2, 0.25) is 5.02 Å². The van der Waals surface area contributed by atoms with Gasteiger partial charge in [-0.05, 0) is 12.1 Å². The van der Waals surface area contributed by atoms with Gasteiger partial charge in [0.1, 0.15) is 10.7 Å². The van der Waals surface area contributed by atoms with Gasteiger partial charge in [-0.15, -0.1) is 11.3 Å². The predicted molar refractivity (Wildman–Crippen MR) is 98.9 cm³/mol. The fourth-order valence-corrected chi connectivity index (χ4v) is 4.96. The Balaban J connectivity index is 1.85. The molecule has 2 aromatic rings. The lowest BCUT2D eigenvalue weighted by molar-refractivity contribution is -0.491. The van der Waals surface area contributed by atoms with E-state index in [4.69, 9.17) is 11.6 Å². The van der Waals surface area contributed by atoms with Crippen LogP contribution in [0.5, 0.6) is 0 Å². The first-order chi connectivity index (χ1) is 13.3. The summed E-state index contributed by atoms with van der Waals surface area (Å²) < 4.78 is 41.3. The van der Waals surface area contributed by atoms with Crippen LogP contribution in [0.15, 0.2) is 28.6 Å². The zero-order valence-electron chi connectivity index (χ0n) is 14.3. The van der Waals surface area contributed by atoms with Crippen molar-refractivity contribution < 1.29 is 38.4 Å². The average Bonchev–Trinajstić information content (AvgIpc) is 3.07. The smallest absolute Gasteiger partial charge is 0.266 e. The predicted octanol–water partition coefficient (Wildman–Crippen LogP) is 0.279. The van der Waals surface area contributed by atoms with E-state index in [1.165, 1.54) is 11.6 Å². The topological polar surface area (TPSA) is 175 Å². The summed E-state index contributed by atoms with van der Waals surface area (Å²) in [5.41, 5.74) is -0.139. The van der Waals surface area contributed by atoms with E-state index >= 15 is 0 Å². The molecule has 2 heterocycles. The third kappa shape index (κ3) is 4.60. The van der Waals surface area contributed by atoms with Gasteiger partial charge in [0.2, 0.25) is 0 Å². The summed E-state index contributed by atoms with van der Waals surface area (Å²) in [6.45, 7) is 0. The van der Waals surface area contributed by atoms with Gasteiger partial charge < -0.3 is 31.0 Å². The Hall–Kier alpha value is -1.62. The standard InChI is InChI=1S/C14H16ClFN4O7S2/c15-8-3-11(29(26,27)19-12-17-1-2-28-12)9(16)4-10(8)18-7-5-13(21,22)20(25)14(23,24)6-7/h1-4,7,18,21-25H,5-6H2,(H,17,19). The van der Waals surface area contributed by atoms with Crippen LogP contribution in [0, 0.1) is 5.82 Å². The summed E-state index contributed by atoms with van der Waals surface area (Å²) in [5.74, 6) is -7.16.